The Morgan fingerprint density at radius 2 is 1.83 bits per heavy atom. The van der Waals surface area contributed by atoms with Crippen molar-refractivity contribution in [2.75, 3.05) is 19.8 Å². The lowest BCUT2D eigenvalue weighted by atomic mass is 9.74. The van der Waals surface area contributed by atoms with Crippen molar-refractivity contribution in [3.63, 3.8) is 0 Å². The second kappa shape index (κ2) is 4.98. The van der Waals surface area contributed by atoms with Crippen molar-refractivity contribution in [1.82, 2.24) is 5.32 Å². The molecule has 0 bridgehead atoms. The molecule has 1 aromatic rings. The minimum atomic E-state index is -0.156. The predicted octanol–water partition coefficient (Wildman–Crippen LogP) is 2.63. The topological polar surface area (TPSA) is 21.3 Å². The van der Waals surface area contributed by atoms with Crippen molar-refractivity contribution in [3.05, 3.63) is 35.6 Å². The minimum Gasteiger partial charge on any atom is -0.381 e. The van der Waals surface area contributed by atoms with E-state index in [0.717, 1.165) is 32.6 Å². The van der Waals surface area contributed by atoms with Crippen LogP contribution in [0.15, 0.2) is 24.3 Å². The molecule has 1 aromatic carbocycles. The second-order valence-electron chi connectivity index (χ2n) is 5.55. The lowest BCUT2D eigenvalue weighted by Gasteiger charge is -2.38. The maximum absolute atomic E-state index is 13.1. The molecule has 0 aromatic heterocycles. The molecular weight excluding hydrogens is 229 g/mol. The van der Waals surface area contributed by atoms with Gasteiger partial charge >= 0.3 is 0 Å². The molecule has 2 fully saturated rings. The normalized spacial score (nSPS) is 22.9. The molecule has 1 saturated carbocycles. The molecule has 3 rings (SSSR count). The highest BCUT2D eigenvalue weighted by Gasteiger charge is 2.36. The van der Waals surface area contributed by atoms with Crippen molar-refractivity contribution in [3.8, 4) is 0 Å². The molecule has 98 valence electrons. The quantitative estimate of drug-likeness (QED) is 0.885. The van der Waals surface area contributed by atoms with Gasteiger partial charge in [-0.05, 0) is 43.4 Å². The zero-order chi connectivity index (χ0) is 12.4. The molecule has 18 heavy (non-hydrogen) atoms. The van der Waals surface area contributed by atoms with Gasteiger partial charge in [-0.25, -0.2) is 4.39 Å². The largest absolute Gasteiger partial charge is 0.381 e. The van der Waals surface area contributed by atoms with E-state index >= 15 is 0 Å². The molecule has 1 saturated heterocycles. The molecule has 3 heteroatoms. The fourth-order valence-corrected chi connectivity index (χ4v) is 2.76. The maximum atomic E-state index is 13.1. The van der Waals surface area contributed by atoms with Crippen LogP contribution in [0.2, 0.25) is 0 Å². The summed E-state index contributed by atoms with van der Waals surface area (Å²) in [5, 5.41) is 3.63. The third-order valence-corrected chi connectivity index (χ3v) is 4.21. The highest BCUT2D eigenvalue weighted by atomic mass is 19.1. The summed E-state index contributed by atoms with van der Waals surface area (Å²) in [7, 11) is 0. The van der Waals surface area contributed by atoms with Gasteiger partial charge in [0.25, 0.3) is 0 Å². The Morgan fingerprint density at radius 3 is 2.44 bits per heavy atom. The Labute approximate surface area is 108 Å². The van der Waals surface area contributed by atoms with Crippen molar-refractivity contribution in [1.29, 1.82) is 0 Å². The first-order chi connectivity index (χ1) is 8.78. The average molecular weight is 249 g/mol. The first-order valence-electron chi connectivity index (χ1n) is 6.86. The van der Waals surface area contributed by atoms with Crippen LogP contribution in [0, 0.1) is 5.82 Å². The van der Waals surface area contributed by atoms with Crippen molar-refractivity contribution >= 4 is 0 Å². The molecule has 0 amide bonds. The van der Waals surface area contributed by atoms with Crippen LogP contribution < -0.4 is 5.32 Å². The first-order valence-corrected chi connectivity index (χ1v) is 6.86. The van der Waals surface area contributed by atoms with Crippen LogP contribution in [0.25, 0.3) is 0 Å². The summed E-state index contributed by atoms with van der Waals surface area (Å²) < 4.78 is 18.6. The van der Waals surface area contributed by atoms with Gasteiger partial charge in [-0.1, -0.05) is 12.1 Å². The first kappa shape index (κ1) is 12.1. The van der Waals surface area contributed by atoms with Crippen LogP contribution in [0.1, 0.15) is 31.2 Å². The van der Waals surface area contributed by atoms with Gasteiger partial charge in [-0.3, -0.25) is 0 Å². The summed E-state index contributed by atoms with van der Waals surface area (Å²) in [6.07, 6.45) is 4.66. The van der Waals surface area contributed by atoms with Crippen LogP contribution >= 0.6 is 0 Å². The molecule has 1 heterocycles. The van der Waals surface area contributed by atoms with Gasteiger partial charge < -0.3 is 10.1 Å². The minimum absolute atomic E-state index is 0.133. The molecule has 1 aliphatic heterocycles. The van der Waals surface area contributed by atoms with Gasteiger partial charge in [-0.15, -0.1) is 0 Å². The molecule has 2 aliphatic rings. The third-order valence-electron chi connectivity index (χ3n) is 4.21. The van der Waals surface area contributed by atoms with E-state index in [-0.39, 0.29) is 11.2 Å². The van der Waals surface area contributed by atoms with Crippen LogP contribution in [0.4, 0.5) is 4.39 Å². The number of ether oxygens (including phenoxy) is 1. The summed E-state index contributed by atoms with van der Waals surface area (Å²) >= 11 is 0. The Kier molecular flexibility index (Phi) is 3.35. The Bertz CT molecular complexity index is 393. The number of hydrogen-bond donors (Lipinski definition) is 1. The third kappa shape index (κ3) is 2.57. The van der Waals surface area contributed by atoms with E-state index in [1.165, 1.54) is 18.4 Å². The molecule has 2 nitrogen and oxygen atoms in total. The smallest absolute Gasteiger partial charge is 0.123 e. The Balaban J connectivity index is 1.80. The lowest BCUT2D eigenvalue weighted by Crippen LogP contribution is -2.43. The lowest BCUT2D eigenvalue weighted by molar-refractivity contribution is 0.0497. The van der Waals surface area contributed by atoms with Crippen LogP contribution in [-0.4, -0.2) is 25.8 Å². The van der Waals surface area contributed by atoms with Gasteiger partial charge in [0.1, 0.15) is 5.82 Å². The van der Waals surface area contributed by atoms with E-state index in [9.17, 15) is 4.39 Å². The summed E-state index contributed by atoms with van der Waals surface area (Å²) in [5.74, 6) is -0.156. The number of rotatable bonds is 4. The van der Waals surface area contributed by atoms with Gasteiger partial charge in [-0.2, -0.15) is 0 Å². The molecular formula is C15H20FNO. The fraction of sp³-hybridized carbons (Fsp3) is 0.600. The highest BCUT2D eigenvalue weighted by molar-refractivity contribution is 5.27. The Morgan fingerprint density at radius 1 is 1.17 bits per heavy atom. The molecule has 0 spiro atoms. The van der Waals surface area contributed by atoms with Crippen LogP contribution in [0.3, 0.4) is 0 Å². The second-order valence-corrected chi connectivity index (χ2v) is 5.55. The SMILES string of the molecule is Fc1ccc(C2(CNC3CC3)CCOCC2)cc1. The summed E-state index contributed by atoms with van der Waals surface area (Å²) in [4.78, 5) is 0. The maximum Gasteiger partial charge on any atom is 0.123 e. The highest BCUT2D eigenvalue weighted by Crippen LogP contribution is 2.35. The zero-order valence-electron chi connectivity index (χ0n) is 10.6. The number of hydrogen-bond acceptors (Lipinski definition) is 2. The standard InChI is InChI=1S/C15H20FNO/c16-13-3-1-12(2-4-13)15(7-9-18-10-8-15)11-17-14-5-6-14/h1-4,14,17H,5-11H2. The predicted molar refractivity (Wildman–Crippen MR) is 69.2 cm³/mol. The van der Waals surface area contributed by atoms with E-state index in [1.54, 1.807) is 12.1 Å². The fourth-order valence-electron chi connectivity index (χ4n) is 2.76. The number of halogens is 1. The van der Waals surface area contributed by atoms with Gasteiger partial charge in [0, 0.05) is 31.2 Å². The van der Waals surface area contributed by atoms with E-state index < -0.39 is 0 Å². The summed E-state index contributed by atoms with van der Waals surface area (Å²) in [6.45, 7) is 2.61. The Hall–Kier alpha value is -0.930. The summed E-state index contributed by atoms with van der Waals surface area (Å²) in [5.41, 5.74) is 1.38. The molecule has 1 N–H and O–H groups in total. The van der Waals surface area contributed by atoms with Gasteiger partial charge in [0.15, 0.2) is 0 Å². The monoisotopic (exact) mass is 249 g/mol. The van der Waals surface area contributed by atoms with Crippen LogP contribution in [-0.2, 0) is 10.2 Å². The van der Waals surface area contributed by atoms with Crippen LogP contribution in [0.5, 0.6) is 0 Å². The molecule has 0 unspecified atom stereocenters. The van der Waals surface area contributed by atoms with Crippen molar-refractivity contribution < 1.29 is 9.13 Å². The van der Waals surface area contributed by atoms with Crippen molar-refractivity contribution in [2.24, 2.45) is 0 Å². The van der Waals surface area contributed by atoms with E-state index in [1.807, 2.05) is 12.1 Å². The van der Waals surface area contributed by atoms with E-state index in [0.29, 0.717) is 6.04 Å². The number of nitrogens with one attached hydrogen (secondary N) is 1. The van der Waals surface area contributed by atoms with E-state index in [2.05, 4.69) is 5.32 Å². The molecule has 0 atom stereocenters. The zero-order valence-corrected chi connectivity index (χ0v) is 10.6. The van der Waals surface area contributed by atoms with E-state index in [4.69, 9.17) is 4.74 Å². The summed E-state index contributed by atoms with van der Waals surface area (Å²) in [6, 6.07) is 7.74. The van der Waals surface area contributed by atoms with Gasteiger partial charge in [0.05, 0.1) is 0 Å². The van der Waals surface area contributed by atoms with Gasteiger partial charge in [0.2, 0.25) is 0 Å². The average Bonchev–Trinajstić information content (AvgIpc) is 3.22. The van der Waals surface area contributed by atoms with Crippen molar-refractivity contribution in [2.45, 2.75) is 37.1 Å². The number of benzene rings is 1. The molecule has 0 radical (unpaired) electrons. The molecule has 1 aliphatic carbocycles.